The van der Waals surface area contributed by atoms with Crippen LogP contribution in [0.2, 0.25) is 0 Å². The minimum atomic E-state index is 0.468. The van der Waals surface area contributed by atoms with E-state index in [1.807, 2.05) is 0 Å². The monoisotopic (exact) mass is 259 g/mol. The van der Waals surface area contributed by atoms with Crippen LogP contribution in [0.4, 0.5) is 0 Å². The Morgan fingerprint density at radius 2 is 2.33 bits per heavy atom. The first-order chi connectivity index (χ1) is 8.86. The van der Waals surface area contributed by atoms with E-state index < -0.39 is 0 Å². The highest BCUT2D eigenvalue weighted by atomic mass is 32.1. The Kier molecular flexibility index (Phi) is 3.35. The molecule has 0 fully saturated rings. The van der Waals surface area contributed by atoms with E-state index in [0.29, 0.717) is 6.04 Å². The van der Waals surface area contributed by atoms with Gasteiger partial charge in [0.05, 0.1) is 7.11 Å². The zero-order valence-corrected chi connectivity index (χ0v) is 11.3. The molecular weight excluding hydrogens is 242 g/mol. The van der Waals surface area contributed by atoms with Crippen LogP contribution in [-0.2, 0) is 13.0 Å². The summed E-state index contributed by atoms with van der Waals surface area (Å²) >= 11 is 1.75. The molecule has 3 heteroatoms. The fourth-order valence-electron chi connectivity index (χ4n) is 2.55. The molecule has 0 bridgehead atoms. The highest BCUT2D eigenvalue weighted by Gasteiger charge is 2.22. The molecule has 94 valence electrons. The third-order valence-electron chi connectivity index (χ3n) is 3.56. The number of aryl methyl sites for hydroxylation is 1. The van der Waals surface area contributed by atoms with E-state index in [1.165, 1.54) is 29.5 Å². The Morgan fingerprint density at radius 3 is 3.11 bits per heavy atom. The van der Waals surface area contributed by atoms with Gasteiger partial charge < -0.3 is 10.1 Å². The third kappa shape index (κ3) is 2.28. The van der Waals surface area contributed by atoms with Gasteiger partial charge in [-0.15, -0.1) is 0 Å². The number of fused-ring (bicyclic) bond motifs is 1. The second-order valence-electron chi connectivity index (χ2n) is 4.67. The standard InChI is InChI=1S/C15H17NOS/c1-17-13-4-2-12-3-5-15(14(12)8-13)16-9-11-6-7-18-10-11/h2,4,6-8,10,15-16H,3,5,9H2,1H3. The van der Waals surface area contributed by atoms with E-state index in [2.05, 4.69) is 40.3 Å². The van der Waals surface area contributed by atoms with E-state index in [-0.39, 0.29) is 0 Å². The molecule has 0 aliphatic heterocycles. The van der Waals surface area contributed by atoms with Crippen molar-refractivity contribution >= 4 is 11.3 Å². The Hall–Kier alpha value is -1.32. The normalized spacial score (nSPS) is 17.7. The van der Waals surface area contributed by atoms with E-state index in [9.17, 15) is 0 Å². The minimum Gasteiger partial charge on any atom is -0.497 e. The molecule has 1 aliphatic carbocycles. The van der Waals surface area contributed by atoms with Crippen molar-refractivity contribution in [1.29, 1.82) is 0 Å². The number of nitrogens with one attached hydrogen (secondary N) is 1. The average molecular weight is 259 g/mol. The lowest BCUT2D eigenvalue weighted by Gasteiger charge is -2.14. The second kappa shape index (κ2) is 5.12. The number of rotatable bonds is 4. The minimum absolute atomic E-state index is 0.468. The Bertz CT molecular complexity index is 521. The first-order valence-corrected chi connectivity index (χ1v) is 7.22. The highest BCUT2D eigenvalue weighted by Crippen LogP contribution is 2.33. The Labute approximate surface area is 112 Å². The number of ether oxygens (including phenoxy) is 1. The molecule has 1 aromatic heterocycles. The van der Waals surface area contributed by atoms with E-state index >= 15 is 0 Å². The molecule has 1 heterocycles. The van der Waals surface area contributed by atoms with Gasteiger partial charge in [-0.1, -0.05) is 6.07 Å². The lowest BCUT2D eigenvalue weighted by atomic mass is 10.1. The number of methoxy groups -OCH3 is 1. The lowest BCUT2D eigenvalue weighted by molar-refractivity contribution is 0.413. The predicted octanol–water partition coefficient (Wildman–Crippen LogP) is 3.53. The van der Waals surface area contributed by atoms with Crippen molar-refractivity contribution in [3.05, 3.63) is 51.7 Å². The molecule has 0 amide bonds. The van der Waals surface area contributed by atoms with Crippen molar-refractivity contribution in [3.63, 3.8) is 0 Å². The van der Waals surface area contributed by atoms with Crippen LogP contribution in [0, 0.1) is 0 Å². The van der Waals surface area contributed by atoms with Gasteiger partial charge in [0.2, 0.25) is 0 Å². The van der Waals surface area contributed by atoms with Gasteiger partial charge >= 0.3 is 0 Å². The summed E-state index contributed by atoms with van der Waals surface area (Å²) in [6.07, 6.45) is 2.35. The SMILES string of the molecule is COc1ccc2c(c1)C(NCc1ccsc1)CC2. The molecular formula is C15H17NOS. The van der Waals surface area contributed by atoms with Crippen molar-refractivity contribution in [1.82, 2.24) is 5.32 Å². The van der Waals surface area contributed by atoms with E-state index in [1.54, 1.807) is 18.4 Å². The summed E-state index contributed by atoms with van der Waals surface area (Å²) < 4.78 is 5.31. The summed E-state index contributed by atoms with van der Waals surface area (Å²) in [6.45, 7) is 0.949. The fourth-order valence-corrected chi connectivity index (χ4v) is 3.22. The van der Waals surface area contributed by atoms with Gasteiger partial charge in [0.1, 0.15) is 5.75 Å². The molecule has 1 atom stereocenters. The van der Waals surface area contributed by atoms with Gasteiger partial charge in [0.15, 0.2) is 0 Å². The summed E-state index contributed by atoms with van der Waals surface area (Å²) in [5.74, 6) is 0.956. The van der Waals surface area contributed by atoms with Gasteiger partial charge in [0.25, 0.3) is 0 Å². The molecule has 2 aromatic rings. The van der Waals surface area contributed by atoms with Crippen LogP contribution < -0.4 is 10.1 Å². The van der Waals surface area contributed by atoms with E-state index in [4.69, 9.17) is 4.74 Å². The molecule has 0 spiro atoms. The quantitative estimate of drug-likeness (QED) is 0.907. The first-order valence-electron chi connectivity index (χ1n) is 6.28. The second-order valence-corrected chi connectivity index (χ2v) is 5.45. The summed E-state index contributed by atoms with van der Waals surface area (Å²) in [5, 5.41) is 7.97. The van der Waals surface area contributed by atoms with E-state index in [0.717, 1.165) is 12.3 Å². The van der Waals surface area contributed by atoms with Crippen LogP contribution in [-0.4, -0.2) is 7.11 Å². The van der Waals surface area contributed by atoms with Crippen molar-refractivity contribution in [2.45, 2.75) is 25.4 Å². The number of hydrogen-bond acceptors (Lipinski definition) is 3. The number of benzene rings is 1. The summed E-state index contributed by atoms with van der Waals surface area (Å²) in [6, 6.07) is 9.07. The molecule has 2 nitrogen and oxygen atoms in total. The molecule has 0 saturated carbocycles. The maximum atomic E-state index is 5.31. The van der Waals surface area contributed by atoms with Crippen LogP contribution >= 0.6 is 11.3 Å². The third-order valence-corrected chi connectivity index (χ3v) is 4.30. The fraction of sp³-hybridized carbons (Fsp3) is 0.333. The smallest absolute Gasteiger partial charge is 0.119 e. The molecule has 1 N–H and O–H groups in total. The number of thiophene rings is 1. The van der Waals surface area contributed by atoms with Crippen molar-refractivity contribution < 1.29 is 4.74 Å². The molecule has 0 radical (unpaired) electrons. The largest absolute Gasteiger partial charge is 0.497 e. The van der Waals surface area contributed by atoms with Crippen LogP contribution in [0.3, 0.4) is 0 Å². The van der Waals surface area contributed by atoms with Crippen LogP contribution in [0.1, 0.15) is 29.2 Å². The first kappa shape index (κ1) is 11.8. The molecule has 18 heavy (non-hydrogen) atoms. The average Bonchev–Trinajstić information content (AvgIpc) is 3.05. The summed E-state index contributed by atoms with van der Waals surface area (Å²) in [5.41, 5.74) is 4.24. The maximum absolute atomic E-state index is 5.31. The highest BCUT2D eigenvalue weighted by molar-refractivity contribution is 7.07. The maximum Gasteiger partial charge on any atom is 0.119 e. The van der Waals surface area contributed by atoms with Gasteiger partial charge in [-0.2, -0.15) is 11.3 Å². The lowest BCUT2D eigenvalue weighted by Crippen LogP contribution is -2.18. The topological polar surface area (TPSA) is 21.3 Å². The molecule has 1 aromatic carbocycles. The molecule has 3 rings (SSSR count). The van der Waals surface area contributed by atoms with Gasteiger partial charge in [0, 0.05) is 12.6 Å². The van der Waals surface area contributed by atoms with Crippen LogP contribution in [0.15, 0.2) is 35.0 Å². The van der Waals surface area contributed by atoms with Crippen molar-refractivity contribution in [3.8, 4) is 5.75 Å². The predicted molar refractivity (Wildman–Crippen MR) is 75.2 cm³/mol. The molecule has 1 unspecified atom stereocenters. The zero-order chi connectivity index (χ0) is 12.4. The van der Waals surface area contributed by atoms with Crippen molar-refractivity contribution in [2.75, 3.05) is 7.11 Å². The summed E-state index contributed by atoms with van der Waals surface area (Å²) in [7, 11) is 1.73. The van der Waals surface area contributed by atoms with Gasteiger partial charge in [-0.05, 0) is 58.5 Å². The van der Waals surface area contributed by atoms with Crippen LogP contribution in [0.25, 0.3) is 0 Å². The van der Waals surface area contributed by atoms with Crippen LogP contribution in [0.5, 0.6) is 5.75 Å². The van der Waals surface area contributed by atoms with Gasteiger partial charge in [-0.25, -0.2) is 0 Å². The molecule has 0 saturated heterocycles. The molecule has 1 aliphatic rings. The Morgan fingerprint density at radius 1 is 1.39 bits per heavy atom. The van der Waals surface area contributed by atoms with Gasteiger partial charge in [-0.3, -0.25) is 0 Å². The van der Waals surface area contributed by atoms with Crippen molar-refractivity contribution in [2.24, 2.45) is 0 Å². The summed E-state index contributed by atoms with van der Waals surface area (Å²) in [4.78, 5) is 0. The Balaban J connectivity index is 1.73. The number of hydrogen-bond donors (Lipinski definition) is 1. The zero-order valence-electron chi connectivity index (χ0n) is 10.5.